The van der Waals surface area contributed by atoms with E-state index in [1.807, 2.05) is 25.1 Å². The Kier molecular flexibility index (Phi) is 4.35. The second-order valence-electron chi connectivity index (χ2n) is 3.10. The molecule has 78 valence electrons. The first-order valence-electron chi connectivity index (χ1n) is 4.37. The smallest absolute Gasteiger partial charge is 0.101 e. The lowest BCUT2D eigenvalue weighted by Crippen LogP contribution is -2.30. The van der Waals surface area contributed by atoms with Gasteiger partial charge in [-0.3, -0.25) is 0 Å². The molecule has 0 aliphatic carbocycles. The second-order valence-corrected chi connectivity index (χ2v) is 3.50. The lowest BCUT2D eigenvalue weighted by Gasteiger charge is -2.22. The summed E-state index contributed by atoms with van der Waals surface area (Å²) >= 11 is 6.01. The van der Waals surface area contributed by atoms with Gasteiger partial charge in [0.05, 0.1) is 6.04 Å². The van der Waals surface area contributed by atoms with Crippen LogP contribution < -0.4 is 5.48 Å². The molecule has 0 bridgehead atoms. The van der Waals surface area contributed by atoms with Gasteiger partial charge in [-0.05, 0) is 13.0 Å². The first-order valence-corrected chi connectivity index (χ1v) is 4.75. The Balaban J connectivity index is 2.94. The summed E-state index contributed by atoms with van der Waals surface area (Å²) in [5, 5.41) is 9.46. The lowest BCUT2D eigenvalue weighted by molar-refractivity contribution is 0.0172. The van der Waals surface area contributed by atoms with Gasteiger partial charge in [0.25, 0.3) is 0 Å². The quantitative estimate of drug-likeness (QED) is 0.758. The molecule has 14 heavy (non-hydrogen) atoms. The summed E-state index contributed by atoms with van der Waals surface area (Å²) in [6, 6.07) is 7.21. The zero-order valence-electron chi connectivity index (χ0n) is 8.20. The largest absolute Gasteiger partial charge is 0.375 e. The normalized spacial score (nSPS) is 15.1. The molecule has 0 spiro atoms. The van der Waals surface area contributed by atoms with Crippen LogP contribution in [0.2, 0.25) is 5.02 Å². The molecule has 0 aromatic heterocycles. The number of nitrogens with one attached hydrogen (secondary N) is 1. The maximum atomic E-state index is 8.82. The molecule has 0 heterocycles. The molecule has 0 unspecified atom stereocenters. The lowest BCUT2D eigenvalue weighted by atomic mass is 10.0. The Morgan fingerprint density at radius 1 is 1.43 bits per heavy atom. The van der Waals surface area contributed by atoms with Gasteiger partial charge < -0.3 is 9.94 Å². The van der Waals surface area contributed by atoms with E-state index in [2.05, 4.69) is 5.48 Å². The SMILES string of the molecule is CO[C@@H](c1ccccc1Cl)[C@@H](C)NO. The molecule has 2 N–H and O–H groups in total. The Morgan fingerprint density at radius 3 is 2.57 bits per heavy atom. The fourth-order valence-electron chi connectivity index (χ4n) is 1.37. The molecule has 1 aromatic carbocycles. The summed E-state index contributed by atoms with van der Waals surface area (Å²) < 4.78 is 5.26. The highest BCUT2D eigenvalue weighted by molar-refractivity contribution is 6.31. The van der Waals surface area contributed by atoms with Crippen molar-refractivity contribution in [3.63, 3.8) is 0 Å². The number of benzene rings is 1. The van der Waals surface area contributed by atoms with Gasteiger partial charge in [0.2, 0.25) is 0 Å². The van der Waals surface area contributed by atoms with Crippen molar-refractivity contribution in [3.8, 4) is 0 Å². The standard InChI is InChI=1S/C10H14ClNO2/c1-7(12-13)10(14-2)8-5-3-4-6-9(8)11/h3-7,10,12-13H,1-2H3/t7-,10-/m1/s1. The fourth-order valence-corrected chi connectivity index (χ4v) is 1.62. The average molecular weight is 216 g/mol. The van der Waals surface area contributed by atoms with Crippen molar-refractivity contribution in [2.75, 3.05) is 7.11 Å². The van der Waals surface area contributed by atoms with Crippen molar-refractivity contribution < 1.29 is 9.94 Å². The summed E-state index contributed by atoms with van der Waals surface area (Å²) in [4.78, 5) is 0. The van der Waals surface area contributed by atoms with Crippen molar-refractivity contribution in [1.29, 1.82) is 0 Å². The molecular formula is C10H14ClNO2. The van der Waals surface area contributed by atoms with Crippen molar-refractivity contribution >= 4 is 11.6 Å². The van der Waals surface area contributed by atoms with Gasteiger partial charge in [-0.1, -0.05) is 29.8 Å². The first kappa shape index (κ1) is 11.5. The molecule has 0 radical (unpaired) electrons. The minimum atomic E-state index is -0.256. The van der Waals surface area contributed by atoms with Gasteiger partial charge >= 0.3 is 0 Å². The molecule has 0 saturated carbocycles. The minimum absolute atomic E-state index is 0.208. The van der Waals surface area contributed by atoms with Gasteiger partial charge in [-0.15, -0.1) is 0 Å². The molecule has 2 atom stereocenters. The Morgan fingerprint density at radius 2 is 2.07 bits per heavy atom. The van der Waals surface area contributed by atoms with Gasteiger partial charge in [0, 0.05) is 17.7 Å². The number of rotatable bonds is 4. The maximum absolute atomic E-state index is 8.82. The van der Waals surface area contributed by atoms with E-state index < -0.39 is 0 Å². The number of hydrogen-bond acceptors (Lipinski definition) is 3. The van der Waals surface area contributed by atoms with Crippen LogP contribution in [0.1, 0.15) is 18.6 Å². The van der Waals surface area contributed by atoms with Crippen LogP contribution in [-0.4, -0.2) is 18.4 Å². The molecule has 0 aliphatic rings. The Labute approximate surface area is 88.6 Å². The van der Waals surface area contributed by atoms with Gasteiger partial charge in [-0.25, -0.2) is 0 Å². The van der Waals surface area contributed by atoms with Crippen LogP contribution in [0.15, 0.2) is 24.3 Å². The van der Waals surface area contributed by atoms with E-state index in [-0.39, 0.29) is 12.1 Å². The van der Waals surface area contributed by atoms with E-state index in [1.54, 1.807) is 13.2 Å². The van der Waals surface area contributed by atoms with E-state index in [4.69, 9.17) is 21.5 Å². The molecule has 0 saturated heterocycles. The summed E-state index contributed by atoms with van der Waals surface area (Å²) in [5.74, 6) is 0. The zero-order chi connectivity index (χ0) is 10.6. The summed E-state index contributed by atoms with van der Waals surface area (Å²) in [7, 11) is 1.59. The fraction of sp³-hybridized carbons (Fsp3) is 0.400. The van der Waals surface area contributed by atoms with Crippen molar-refractivity contribution in [2.24, 2.45) is 0 Å². The molecule has 1 rings (SSSR count). The van der Waals surface area contributed by atoms with Crippen LogP contribution in [0.4, 0.5) is 0 Å². The Hall–Kier alpha value is -0.610. The van der Waals surface area contributed by atoms with E-state index in [0.29, 0.717) is 5.02 Å². The third-order valence-corrected chi connectivity index (χ3v) is 2.47. The molecule has 3 nitrogen and oxygen atoms in total. The van der Waals surface area contributed by atoms with Crippen LogP contribution in [0, 0.1) is 0 Å². The predicted molar refractivity (Wildman–Crippen MR) is 55.6 cm³/mol. The third-order valence-electron chi connectivity index (χ3n) is 2.12. The monoisotopic (exact) mass is 215 g/mol. The van der Waals surface area contributed by atoms with Gasteiger partial charge in [-0.2, -0.15) is 5.48 Å². The maximum Gasteiger partial charge on any atom is 0.101 e. The molecule has 0 fully saturated rings. The Bertz CT molecular complexity index is 293. The van der Waals surface area contributed by atoms with Crippen LogP contribution in [-0.2, 0) is 4.74 Å². The molecule has 0 amide bonds. The number of hydroxylamine groups is 1. The van der Waals surface area contributed by atoms with Crippen LogP contribution in [0.25, 0.3) is 0 Å². The van der Waals surface area contributed by atoms with E-state index in [1.165, 1.54) is 0 Å². The first-order chi connectivity index (χ1) is 6.70. The van der Waals surface area contributed by atoms with Crippen LogP contribution in [0.5, 0.6) is 0 Å². The molecule has 4 heteroatoms. The molecule has 1 aromatic rings. The summed E-state index contributed by atoms with van der Waals surface area (Å²) in [6.07, 6.45) is -0.256. The third kappa shape index (κ3) is 2.45. The number of hydrogen-bond donors (Lipinski definition) is 2. The highest BCUT2D eigenvalue weighted by Crippen LogP contribution is 2.27. The molecule has 0 aliphatic heterocycles. The highest BCUT2D eigenvalue weighted by atomic mass is 35.5. The molecular weight excluding hydrogens is 202 g/mol. The minimum Gasteiger partial charge on any atom is -0.375 e. The van der Waals surface area contributed by atoms with Crippen molar-refractivity contribution in [2.45, 2.75) is 19.1 Å². The zero-order valence-corrected chi connectivity index (χ0v) is 8.95. The van der Waals surface area contributed by atoms with E-state index >= 15 is 0 Å². The summed E-state index contributed by atoms with van der Waals surface area (Å²) in [6.45, 7) is 1.82. The predicted octanol–water partition coefficient (Wildman–Crippen LogP) is 2.39. The topological polar surface area (TPSA) is 41.5 Å². The van der Waals surface area contributed by atoms with E-state index in [9.17, 15) is 0 Å². The number of halogens is 1. The second kappa shape index (κ2) is 5.32. The number of ether oxygens (including phenoxy) is 1. The average Bonchev–Trinajstić information content (AvgIpc) is 2.21. The van der Waals surface area contributed by atoms with Crippen LogP contribution in [0.3, 0.4) is 0 Å². The van der Waals surface area contributed by atoms with Crippen LogP contribution >= 0.6 is 11.6 Å². The number of methoxy groups -OCH3 is 1. The van der Waals surface area contributed by atoms with Crippen molar-refractivity contribution in [3.05, 3.63) is 34.9 Å². The van der Waals surface area contributed by atoms with E-state index in [0.717, 1.165) is 5.56 Å². The van der Waals surface area contributed by atoms with Gasteiger partial charge in [0.1, 0.15) is 6.10 Å². The van der Waals surface area contributed by atoms with Crippen molar-refractivity contribution in [1.82, 2.24) is 5.48 Å². The highest BCUT2D eigenvalue weighted by Gasteiger charge is 2.20. The summed E-state index contributed by atoms with van der Waals surface area (Å²) in [5.41, 5.74) is 3.02. The van der Waals surface area contributed by atoms with Gasteiger partial charge in [0.15, 0.2) is 0 Å².